The zero-order chi connectivity index (χ0) is 13.0. The van der Waals surface area contributed by atoms with Gasteiger partial charge in [0.25, 0.3) is 0 Å². The Morgan fingerprint density at radius 1 is 1.35 bits per heavy atom. The largest absolute Gasteiger partial charge is 0.464 e. The maximum Gasteiger partial charge on any atom is 0.354 e. The van der Waals surface area contributed by atoms with E-state index in [4.69, 9.17) is 11.6 Å². The highest BCUT2D eigenvalue weighted by Gasteiger charge is 2.11. The average Bonchev–Trinajstić information content (AvgIpc) is 2.74. The van der Waals surface area contributed by atoms with Crippen molar-refractivity contribution >= 4 is 44.4 Å². The molecule has 0 saturated heterocycles. The van der Waals surface area contributed by atoms with Crippen LogP contribution in [0.15, 0.2) is 22.7 Å². The molecular weight excluding hydrogens is 305 g/mol. The number of carbonyl (C=O) groups is 1. The van der Waals surface area contributed by atoms with E-state index in [1.807, 2.05) is 19.9 Å². The number of benzene rings is 1. The van der Waals surface area contributed by atoms with E-state index in [9.17, 15) is 4.79 Å². The van der Waals surface area contributed by atoms with E-state index in [-0.39, 0.29) is 0 Å². The highest BCUT2D eigenvalue weighted by Crippen LogP contribution is 2.28. The normalized spacial score (nSPS) is 9.71. The van der Waals surface area contributed by atoms with Crippen LogP contribution in [0.5, 0.6) is 0 Å². The van der Waals surface area contributed by atoms with Crippen LogP contribution >= 0.6 is 27.5 Å². The smallest absolute Gasteiger partial charge is 0.354 e. The third-order valence-electron chi connectivity index (χ3n) is 2.06. The molecule has 2 rings (SSSR count). The Labute approximate surface area is 113 Å². The second-order valence-corrected chi connectivity index (χ2v) is 4.35. The van der Waals surface area contributed by atoms with Gasteiger partial charge in [0, 0.05) is 15.4 Å². The number of fused-ring (bicyclic) bond motifs is 1. The maximum atomic E-state index is 11.3. The standard InChI is InChI=1S/C10H7BrClNO2.C2H6/c1-15-10(14)9-4-6-7(12)2-5(11)3-8(6)13-9;1-2/h2-4,13H,1H3;1-2H3. The molecule has 1 heterocycles. The minimum absolute atomic E-state index is 0.396. The number of aromatic nitrogens is 1. The fourth-order valence-corrected chi connectivity index (χ4v) is 2.24. The number of H-pyrrole nitrogens is 1. The van der Waals surface area contributed by atoms with Crippen LogP contribution in [0, 0.1) is 0 Å². The van der Waals surface area contributed by atoms with Crippen molar-refractivity contribution in [2.45, 2.75) is 13.8 Å². The van der Waals surface area contributed by atoms with E-state index >= 15 is 0 Å². The number of carbonyl (C=O) groups excluding carboxylic acids is 1. The summed E-state index contributed by atoms with van der Waals surface area (Å²) in [5.41, 5.74) is 1.20. The fourth-order valence-electron chi connectivity index (χ4n) is 1.38. The molecule has 0 bridgehead atoms. The zero-order valence-electron chi connectivity index (χ0n) is 9.80. The Kier molecular flexibility index (Phi) is 5.02. The number of aromatic amines is 1. The van der Waals surface area contributed by atoms with E-state index in [0.717, 1.165) is 15.4 Å². The summed E-state index contributed by atoms with van der Waals surface area (Å²) >= 11 is 9.35. The molecule has 0 amide bonds. The van der Waals surface area contributed by atoms with Crippen LogP contribution in [-0.4, -0.2) is 18.1 Å². The molecule has 0 spiro atoms. The molecule has 0 aliphatic rings. The summed E-state index contributed by atoms with van der Waals surface area (Å²) in [5.74, 6) is -0.404. The molecule has 0 aliphatic heterocycles. The summed E-state index contributed by atoms with van der Waals surface area (Å²) in [6.45, 7) is 4.00. The first-order valence-electron chi connectivity index (χ1n) is 5.18. The molecule has 1 aromatic heterocycles. The number of ether oxygens (including phenoxy) is 1. The van der Waals surface area contributed by atoms with E-state index < -0.39 is 5.97 Å². The number of hydrogen-bond acceptors (Lipinski definition) is 2. The molecule has 0 saturated carbocycles. The van der Waals surface area contributed by atoms with Crippen LogP contribution in [0.1, 0.15) is 24.3 Å². The van der Waals surface area contributed by atoms with Crippen molar-refractivity contribution < 1.29 is 9.53 Å². The number of esters is 1. The summed E-state index contributed by atoms with van der Waals surface area (Å²) in [6.07, 6.45) is 0. The van der Waals surface area contributed by atoms with Crippen LogP contribution in [0.2, 0.25) is 5.02 Å². The predicted molar refractivity (Wildman–Crippen MR) is 73.7 cm³/mol. The van der Waals surface area contributed by atoms with E-state index in [1.54, 1.807) is 12.1 Å². The fraction of sp³-hybridized carbons (Fsp3) is 0.250. The second-order valence-electron chi connectivity index (χ2n) is 3.02. The molecule has 92 valence electrons. The van der Waals surface area contributed by atoms with Crippen molar-refractivity contribution in [1.82, 2.24) is 4.98 Å². The summed E-state index contributed by atoms with van der Waals surface area (Å²) in [5, 5.41) is 1.39. The van der Waals surface area contributed by atoms with Gasteiger partial charge in [0.15, 0.2) is 0 Å². The van der Waals surface area contributed by atoms with Crippen molar-refractivity contribution in [2.75, 3.05) is 7.11 Å². The first-order chi connectivity index (χ1) is 8.11. The lowest BCUT2D eigenvalue weighted by molar-refractivity contribution is 0.0595. The van der Waals surface area contributed by atoms with Gasteiger partial charge in [-0.05, 0) is 18.2 Å². The third-order valence-corrected chi connectivity index (χ3v) is 2.83. The van der Waals surface area contributed by atoms with Gasteiger partial charge in [0.1, 0.15) is 5.69 Å². The van der Waals surface area contributed by atoms with Crippen molar-refractivity contribution in [3.05, 3.63) is 33.4 Å². The summed E-state index contributed by atoms with van der Waals surface area (Å²) < 4.78 is 5.47. The highest BCUT2D eigenvalue weighted by molar-refractivity contribution is 9.10. The number of rotatable bonds is 1. The first-order valence-corrected chi connectivity index (χ1v) is 6.35. The Hall–Kier alpha value is -1.00. The van der Waals surface area contributed by atoms with Gasteiger partial charge in [-0.15, -0.1) is 0 Å². The van der Waals surface area contributed by atoms with Gasteiger partial charge < -0.3 is 9.72 Å². The number of hydrogen-bond donors (Lipinski definition) is 1. The monoisotopic (exact) mass is 317 g/mol. The van der Waals surface area contributed by atoms with Crippen molar-refractivity contribution in [3.8, 4) is 0 Å². The Bertz CT molecular complexity index is 537. The number of halogens is 2. The summed E-state index contributed by atoms with van der Waals surface area (Å²) in [4.78, 5) is 14.2. The molecule has 0 fully saturated rings. The van der Waals surface area contributed by atoms with Gasteiger partial charge in [0.05, 0.1) is 12.1 Å². The molecule has 0 radical (unpaired) electrons. The van der Waals surface area contributed by atoms with Crippen molar-refractivity contribution in [3.63, 3.8) is 0 Å². The van der Waals surface area contributed by atoms with Crippen LogP contribution in [0.3, 0.4) is 0 Å². The molecule has 5 heteroatoms. The average molecular weight is 319 g/mol. The second kappa shape index (κ2) is 6.07. The zero-order valence-corrected chi connectivity index (χ0v) is 12.1. The quantitative estimate of drug-likeness (QED) is 0.792. The molecule has 0 aliphatic carbocycles. The molecule has 3 nitrogen and oxygen atoms in total. The Morgan fingerprint density at radius 3 is 2.59 bits per heavy atom. The van der Waals surface area contributed by atoms with Crippen LogP contribution in [0.25, 0.3) is 10.9 Å². The first kappa shape index (κ1) is 14.1. The van der Waals surface area contributed by atoms with Crippen LogP contribution in [0.4, 0.5) is 0 Å². The van der Waals surface area contributed by atoms with E-state index in [2.05, 4.69) is 25.7 Å². The van der Waals surface area contributed by atoms with Crippen molar-refractivity contribution in [1.29, 1.82) is 0 Å². The molecule has 17 heavy (non-hydrogen) atoms. The van der Waals surface area contributed by atoms with Gasteiger partial charge in [-0.3, -0.25) is 0 Å². The molecule has 1 aromatic carbocycles. The maximum absolute atomic E-state index is 11.3. The summed E-state index contributed by atoms with van der Waals surface area (Å²) in [6, 6.07) is 5.31. The Morgan fingerprint density at radius 2 is 2.00 bits per heavy atom. The van der Waals surface area contributed by atoms with E-state index in [0.29, 0.717) is 10.7 Å². The lowest BCUT2D eigenvalue weighted by Gasteiger charge is -1.94. The minimum atomic E-state index is -0.404. The van der Waals surface area contributed by atoms with Gasteiger partial charge in [-0.25, -0.2) is 4.79 Å². The lowest BCUT2D eigenvalue weighted by atomic mass is 10.2. The number of methoxy groups -OCH3 is 1. The predicted octanol–water partition coefficient (Wildman–Crippen LogP) is 4.40. The molecule has 1 N–H and O–H groups in total. The highest BCUT2D eigenvalue weighted by atomic mass is 79.9. The van der Waals surface area contributed by atoms with Gasteiger partial charge in [0.2, 0.25) is 0 Å². The molecule has 0 unspecified atom stereocenters. The minimum Gasteiger partial charge on any atom is -0.464 e. The molecule has 0 atom stereocenters. The van der Waals surface area contributed by atoms with Gasteiger partial charge in [-0.2, -0.15) is 0 Å². The third kappa shape index (κ3) is 3.01. The van der Waals surface area contributed by atoms with Gasteiger partial charge >= 0.3 is 5.97 Å². The van der Waals surface area contributed by atoms with Crippen molar-refractivity contribution in [2.24, 2.45) is 0 Å². The SMILES string of the molecule is CC.COC(=O)c1cc2c(Cl)cc(Br)cc2[nH]1. The van der Waals surface area contributed by atoms with E-state index in [1.165, 1.54) is 7.11 Å². The van der Waals surface area contributed by atoms with Gasteiger partial charge in [-0.1, -0.05) is 41.4 Å². The van der Waals surface area contributed by atoms with Crippen LogP contribution in [-0.2, 0) is 4.74 Å². The Balaban J connectivity index is 0.000000686. The lowest BCUT2D eigenvalue weighted by Crippen LogP contribution is -2.00. The molecular formula is C12H13BrClNO2. The molecule has 2 aromatic rings. The summed E-state index contributed by atoms with van der Waals surface area (Å²) in [7, 11) is 1.34. The topological polar surface area (TPSA) is 42.1 Å². The number of nitrogens with one attached hydrogen (secondary N) is 1. The van der Waals surface area contributed by atoms with Crippen LogP contribution < -0.4 is 0 Å².